The molecule has 0 aliphatic carbocycles. The Hall–Kier alpha value is -2.68. The van der Waals surface area contributed by atoms with Gasteiger partial charge in [-0.05, 0) is 42.0 Å². The SMILES string of the molecule is COC(=O)c1ccccc1NC(=S)N(CCN1CCOCC1)Cc1ccc(OC)cc1. The molecule has 2 aromatic rings. The fraction of sp³-hybridized carbons (Fsp3) is 0.391. The van der Waals surface area contributed by atoms with Crippen LogP contribution in [0.2, 0.25) is 0 Å². The van der Waals surface area contributed by atoms with E-state index in [9.17, 15) is 4.79 Å². The third-order valence-electron chi connectivity index (χ3n) is 5.18. The summed E-state index contributed by atoms with van der Waals surface area (Å²) in [6.45, 7) is 5.61. The lowest BCUT2D eigenvalue weighted by atomic mass is 10.2. The Bertz CT molecular complexity index is 869. The fourth-order valence-corrected chi connectivity index (χ4v) is 3.63. The zero-order chi connectivity index (χ0) is 22.1. The van der Waals surface area contributed by atoms with Crippen LogP contribution >= 0.6 is 12.2 Å². The highest BCUT2D eigenvalue weighted by molar-refractivity contribution is 7.80. The first-order valence-corrected chi connectivity index (χ1v) is 10.7. The number of esters is 1. The molecule has 0 radical (unpaired) electrons. The van der Waals surface area contributed by atoms with E-state index in [2.05, 4.69) is 15.1 Å². The number of nitrogens with one attached hydrogen (secondary N) is 1. The molecule has 1 saturated heterocycles. The van der Waals surface area contributed by atoms with Crippen molar-refractivity contribution in [2.24, 2.45) is 0 Å². The summed E-state index contributed by atoms with van der Waals surface area (Å²) in [6, 6.07) is 15.2. The first-order valence-electron chi connectivity index (χ1n) is 10.3. The third-order valence-corrected chi connectivity index (χ3v) is 5.54. The van der Waals surface area contributed by atoms with Gasteiger partial charge in [-0.2, -0.15) is 0 Å². The molecule has 1 heterocycles. The number of nitrogens with zero attached hydrogens (tertiary/aromatic N) is 2. The first kappa shape index (κ1) is 23.0. The van der Waals surface area contributed by atoms with Gasteiger partial charge in [-0.3, -0.25) is 4.90 Å². The number of carbonyl (C=O) groups is 1. The molecule has 2 aromatic carbocycles. The van der Waals surface area contributed by atoms with E-state index in [0.29, 0.717) is 22.9 Å². The molecule has 0 spiro atoms. The standard InChI is InChI=1S/C23H29N3O4S/c1-28-19-9-7-18(8-10-19)17-26(12-11-25-13-15-30-16-14-25)23(31)24-21-6-4-3-5-20(21)22(27)29-2/h3-10H,11-17H2,1-2H3,(H,24,31). The Morgan fingerprint density at radius 2 is 1.84 bits per heavy atom. The largest absolute Gasteiger partial charge is 0.497 e. The van der Waals surface area contributed by atoms with Gasteiger partial charge in [0.1, 0.15) is 5.75 Å². The lowest BCUT2D eigenvalue weighted by Crippen LogP contribution is -2.44. The number of benzene rings is 2. The Morgan fingerprint density at radius 1 is 1.13 bits per heavy atom. The van der Waals surface area contributed by atoms with Crippen molar-refractivity contribution >= 4 is 29.0 Å². The molecule has 1 aliphatic rings. The van der Waals surface area contributed by atoms with E-state index in [1.165, 1.54) is 7.11 Å². The molecule has 166 valence electrons. The quantitative estimate of drug-likeness (QED) is 0.494. The number of ether oxygens (including phenoxy) is 3. The monoisotopic (exact) mass is 443 g/mol. The van der Waals surface area contributed by atoms with Crippen LogP contribution in [0.3, 0.4) is 0 Å². The molecule has 31 heavy (non-hydrogen) atoms. The Morgan fingerprint density at radius 3 is 2.52 bits per heavy atom. The second-order valence-corrected chi connectivity index (χ2v) is 7.58. The number of hydrogen-bond donors (Lipinski definition) is 1. The van der Waals surface area contributed by atoms with Gasteiger partial charge >= 0.3 is 5.97 Å². The van der Waals surface area contributed by atoms with Gasteiger partial charge in [-0.1, -0.05) is 24.3 Å². The van der Waals surface area contributed by atoms with Crippen molar-refractivity contribution in [1.29, 1.82) is 0 Å². The van der Waals surface area contributed by atoms with Crippen LogP contribution in [0.1, 0.15) is 15.9 Å². The molecule has 1 aliphatic heterocycles. The Labute approximate surface area is 188 Å². The maximum absolute atomic E-state index is 12.1. The number of thiocarbonyl (C=S) groups is 1. The normalized spacial score (nSPS) is 14.0. The number of hydrogen-bond acceptors (Lipinski definition) is 6. The Balaban J connectivity index is 1.73. The first-order chi connectivity index (χ1) is 15.1. The predicted molar refractivity (Wildman–Crippen MR) is 125 cm³/mol. The molecule has 0 atom stereocenters. The second-order valence-electron chi connectivity index (χ2n) is 7.19. The van der Waals surface area contributed by atoms with E-state index < -0.39 is 5.97 Å². The number of rotatable bonds is 8. The van der Waals surface area contributed by atoms with Crippen LogP contribution in [0.15, 0.2) is 48.5 Å². The van der Waals surface area contributed by atoms with E-state index in [1.807, 2.05) is 36.4 Å². The van der Waals surface area contributed by atoms with Gasteiger partial charge in [0, 0.05) is 32.7 Å². The highest BCUT2D eigenvalue weighted by atomic mass is 32.1. The average molecular weight is 444 g/mol. The molecular formula is C23H29N3O4S. The molecule has 8 heteroatoms. The van der Waals surface area contributed by atoms with Gasteiger partial charge in [0.25, 0.3) is 0 Å². The summed E-state index contributed by atoms with van der Waals surface area (Å²) in [5, 5.41) is 3.80. The van der Waals surface area contributed by atoms with Crippen LogP contribution in [-0.4, -0.2) is 74.5 Å². The van der Waals surface area contributed by atoms with E-state index in [4.69, 9.17) is 26.4 Å². The number of para-hydroxylation sites is 1. The smallest absolute Gasteiger partial charge is 0.339 e. The van der Waals surface area contributed by atoms with Gasteiger partial charge in [0.05, 0.1) is 38.7 Å². The zero-order valence-electron chi connectivity index (χ0n) is 18.0. The second kappa shape index (κ2) is 11.6. The average Bonchev–Trinajstić information content (AvgIpc) is 2.82. The lowest BCUT2D eigenvalue weighted by molar-refractivity contribution is 0.0358. The molecule has 0 bridgehead atoms. The summed E-state index contributed by atoms with van der Waals surface area (Å²) in [4.78, 5) is 16.6. The van der Waals surface area contributed by atoms with Crippen LogP contribution in [0.5, 0.6) is 5.75 Å². The van der Waals surface area contributed by atoms with Crippen LogP contribution in [0.25, 0.3) is 0 Å². The summed E-state index contributed by atoms with van der Waals surface area (Å²) >= 11 is 5.75. The zero-order valence-corrected chi connectivity index (χ0v) is 18.8. The molecule has 7 nitrogen and oxygen atoms in total. The van der Waals surface area contributed by atoms with Crippen LogP contribution in [0.4, 0.5) is 5.69 Å². The van der Waals surface area contributed by atoms with E-state index in [1.54, 1.807) is 19.2 Å². The Kier molecular flexibility index (Phi) is 8.63. The molecule has 1 N–H and O–H groups in total. The lowest BCUT2D eigenvalue weighted by Gasteiger charge is -2.31. The predicted octanol–water partition coefficient (Wildman–Crippen LogP) is 3.01. The molecule has 0 amide bonds. The van der Waals surface area contributed by atoms with Crippen molar-refractivity contribution < 1.29 is 19.0 Å². The van der Waals surface area contributed by atoms with Gasteiger partial charge in [0.2, 0.25) is 0 Å². The van der Waals surface area contributed by atoms with E-state index in [0.717, 1.165) is 50.7 Å². The van der Waals surface area contributed by atoms with Crippen LogP contribution in [-0.2, 0) is 16.0 Å². The minimum absolute atomic E-state index is 0.402. The number of morpholine rings is 1. The summed E-state index contributed by atoms with van der Waals surface area (Å²) in [5.41, 5.74) is 2.20. The van der Waals surface area contributed by atoms with E-state index in [-0.39, 0.29) is 0 Å². The van der Waals surface area contributed by atoms with Crippen molar-refractivity contribution in [2.75, 3.05) is 58.9 Å². The van der Waals surface area contributed by atoms with Crippen molar-refractivity contribution in [3.05, 3.63) is 59.7 Å². The maximum Gasteiger partial charge on any atom is 0.339 e. The van der Waals surface area contributed by atoms with Crippen molar-refractivity contribution in [3.63, 3.8) is 0 Å². The molecular weight excluding hydrogens is 414 g/mol. The van der Waals surface area contributed by atoms with E-state index >= 15 is 0 Å². The molecule has 0 unspecified atom stereocenters. The summed E-state index contributed by atoms with van der Waals surface area (Å²) < 4.78 is 15.6. The van der Waals surface area contributed by atoms with Crippen LogP contribution in [0, 0.1) is 0 Å². The molecule has 1 fully saturated rings. The van der Waals surface area contributed by atoms with Crippen molar-refractivity contribution in [1.82, 2.24) is 9.80 Å². The minimum Gasteiger partial charge on any atom is -0.497 e. The number of methoxy groups -OCH3 is 2. The fourth-order valence-electron chi connectivity index (χ4n) is 3.36. The van der Waals surface area contributed by atoms with Gasteiger partial charge in [0.15, 0.2) is 5.11 Å². The highest BCUT2D eigenvalue weighted by Crippen LogP contribution is 2.18. The number of carbonyl (C=O) groups excluding carboxylic acids is 1. The van der Waals surface area contributed by atoms with Crippen molar-refractivity contribution in [3.8, 4) is 5.75 Å². The van der Waals surface area contributed by atoms with Gasteiger partial charge in [-0.15, -0.1) is 0 Å². The highest BCUT2D eigenvalue weighted by Gasteiger charge is 2.18. The maximum atomic E-state index is 12.1. The molecule has 3 rings (SSSR count). The minimum atomic E-state index is -0.402. The topological polar surface area (TPSA) is 63.3 Å². The van der Waals surface area contributed by atoms with Crippen LogP contribution < -0.4 is 10.1 Å². The summed E-state index contributed by atoms with van der Waals surface area (Å²) in [5.74, 6) is 0.414. The van der Waals surface area contributed by atoms with Gasteiger partial charge in [-0.25, -0.2) is 4.79 Å². The third kappa shape index (κ3) is 6.65. The molecule has 0 saturated carbocycles. The van der Waals surface area contributed by atoms with Crippen molar-refractivity contribution in [2.45, 2.75) is 6.54 Å². The molecule has 0 aromatic heterocycles. The number of anilines is 1. The van der Waals surface area contributed by atoms with Gasteiger partial charge < -0.3 is 24.4 Å². The summed E-state index contributed by atoms with van der Waals surface area (Å²) in [7, 11) is 3.02. The summed E-state index contributed by atoms with van der Waals surface area (Å²) in [6.07, 6.45) is 0.